The molecule has 2 rings (SSSR count). The Kier molecular flexibility index (Phi) is 4.95. The molecule has 5 nitrogen and oxygen atoms in total. The van der Waals surface area contributed by atoms with Crippen LogP contribution in [0.2, 0.25) is 0 Å². The molecule has 6 heteroatoms. The van der Waals surface area contributed by atoms with E-state index in [4.69, 9.17) is 0 Å². The molecule has 2 N–H and O–H groups in total. The summed E-state index contributed by atoms with van der Waals surface area (Å²) in [7, 11) is 0. The molecule has 0 unspecified atom stereocenters. The van der Waals surface area contributed by atoms with Crippen LogP contribution in [0.3, 0.4) is 0 Å². The molecule has 18 heavy (non-hydrogen) atoms. The van der Waals surface area contributed by atoms with Gasteiger partial charge in [0.05, 0.1) is 6.54 Å². The summed E-state index contributed by atoms with van der Waals surface area (Å²) in [6, 6.07) is 0. The third kappa shape index (κ3) is 3.96. The summed E-state index contributed by atoms with van der Waals surface area (Å²) in [5.41, 5.74) is 0. The number of carbonyl (C=O) groups is 1. The maximum absolute atomic E-state index is 11.5. The lowest BCUT2D eigenvalue weighted by molar-refractivity contribution is -0.121. The summed E-state index contributed by atoms with van der Waals surface area (Å²) < 4.78 is 0. The third-order valence-corrected chi connectivity index (χ3v) is 3.74. The summed E-state index contributed by atoms with van der Waals surface area (Å²) in [5, 5.41) is 7.15. The maximum Gasteiger partial charge on any atom is 0.234 e. The summed E-state index contributed by atoms with van der Waals surface area (Å²) >= 11 is 1.68. The molecular weight excluding hydrogens is 248 g/mol. The first-order chi connectivity index (χ1) is 8.78. The summed E-state index contributed by atoms with van der Waals surface area (Å²) in [6.07, 6.45) is 4.03. The molecule has 0 aliphatic carbocycles. The number of hydrogen-bond donors (Lipinski definition) is 2. The molecule has 0 saturated carbocycles. The molecule has 0 atom stereocenters. The summed E-state index contributed by atoms with van der Waals surface area (Å²) in [4.78, 5) is 19.2. The van der Waals surface area contributed by atoms with Gasteiger partial charge in [0, 0.05) is 37.3 Å². The van der Waals surface area contributed by atoms with Crippen molar-refractivity contribution < 1.29 is 4.79 Å². The van der Waals surface area contributed by atoms with Crippen LogP contribution in [0.4, 0.5) is 5.13 Å². The molecule has 1 aliphatic heterocycles. The van der Waals surface area contributed by atoms with Gasteiger partial charge in [-0.1, -0.05) is 6.92 Å². The first kappa shape index (κ1) is 13.3. The molecule has 2 heterocycles. The predicted octanol–water partition coefficient (Wildman–Crippen LogP) is 1.29. The van der Waals surface area contributed by atoms with Crippen molar-refractivity contribution in [3.05, 3.63) is 11.1 Å². The molecule has 1 aromatic rings. The zero-order valence-electron chi connectivity index (χ0n) is 10.7. The normalized spacial score (nSPS) is 17.3. The van der Waals surface area contributed by atoms with Crippen LogP contribution < -0.4 is 10.6 Å². The van der Waals surface area contributed by atoms with Gasteiger partial charge < -0.3 is 10.6 Å². The van der Waals surface area contributed by atoms with Crippen LogP contribution in [-0.4, -0.2) is 42.0 Å². The van der Waals surface area contributed by atoms with Crippen molar-refractivity contribution in [2.45, 2.75) is 26.3 Å². The van der Waals surface area contributed by atoms with E-state index >= 15 is 0 Å². The highest BCUT2D eigenvalue weighted by molar-refractivity contribution is 7.15. The van der Waals surface area contributed by atoms with Crippen LogP contribution in [-0.2, 0) is 11.3 Å². The lowest BCUT2D eigenvalue weighted by Gasteiger charge is -2.16. The summed E-state index contributed by atoms with van der Waals surface area (Å²) in [5.74, 6) is 0.126. The zero-order chi connectivity index (χ0) is 12.8. The molecule has 100 valence electrons. The van der Waals surface area contributed by atoms with E-state index in [0.29, 0.717) is 6.54 Å². The maximum atomic E-state index is 11.5. The largest absolute Gasteiger partial charge is 0.362 e. The number of aromatic nitrogens is 1. The van der Waals surface area contributed by atoms with E-state index in [1.54, 1.807) is 11.3 Å². The quantitative estimate of drug-likeness (QED) is 0.845. The Morgan fingerprint density at radius 1 is 1.61 bits per heavy atom. The lowest BCUT2D eigenvalue weighted by atomic mass is 10.4. The number of nitrogens with zero attached hydrogens (tertiary/aromatic N) is 2. The number of thiazole rings is 1. The molecular formula is C12H20N4OS. The van der Waals surface area contributed by atoms with Crippen molar-refractivity contribution in [1.29, 1.82) is 0 Å². The van der Waals surface area contributed by atoms with Crippen LogP contribution in [0.15, 0.2) is 6.20 Å². The average Bonchev–Trinajstić information content (AvgIpc) is 2.69. The van der Waals surface area contributed by atoms with Gasteiger partial charge in [0.15, 0.2) is 5.13 Å². The number of amides is 1. The van der Waals surface area contributed by atoms with Crippen molar-refractivity contribution in [2.75, 3.05) is 31.5 Å². The molecule has 1 aromatic heterocycles. The minimum atomic E-state index is 0.126. The van der Waals surface area contributed by atoms with Crippen molar-refractivity contribution >= 4 is 22.4 Å². The van der Waals surface area contributed by atoms with Crippen molar-refractivity contribution in [3.8, 4) is 0 Å². The molecule has 0 spiro atoms. The van der Waals surface area contributed by atoms with Gasteiger partial charge >= 0.3 is 0 Å². The minimum Gasteiger partial charge on any atom is -0.362 e. The zero-order valence-corrected chi connectivity index (χ0v) is 11.6. The first-order valence-corrected chi connectivity index (χ1v) is 7.27. The number of anilines is 1. The lowest BCUT2D eigenvalue weighted by Crippen LogP contribution is -2.32. The van der Waals surface area contributed by atoms with Crippen LogP contribution >= 0.6 is 11.3 Å². The van der Waals surface area contributed by atoms with E-state index in [2.05, 4.69) is 27.4 Å². The molecule has 1 fully saturated rings. The Hall–Kier alpha value is -1.14. The van der Waals surface area contributed by atoms with E-state index < -0.39 is 0 Å². The van der Waals surface area contributed by atoms with Gasteiger partial charge in [-0.15, -0.1) is 11.3 Å². The van der Waals surface area contributed by atoms with Crippen LogP contribution in [0.1, 0.15) is 24.6 Å². The number of nitrogens with one attached hydrogen (secondary N) is 2. The molecule has 1 saturated heterocycles. The SMILES string of the molecule is CCCNc1ncc(CN2CCCNC(=O)C2)s1. The molecule has 0 aromatic carbocycles. The Balaban J connectivity index is 1.87. The van der Waals surface area contributed by atoms with Gasteiger partial charge in [-0.05, 0) is 12.8 Å². The van der Waals surface area contributed by atoms with E-state index in [1.165, 1.54) is 4.88 Å². The Morgan fingerprint density at radius 3 is 3.33 bits per heavy atom. The molecule has 1 amide bonds. The number of carbonyl (C=O) groups excluding carboxylic acids is 1. The number of rotatable bonds is 5. The fourth-order valence-electron chi connectivity index (χ4n) is 1.92. The van der Waals surface area contributed by atoms with Gasteiger partial charge in [-0.3, -0.25) is 9.69 Å². The fourth-order valence-corrected chi connectivity index (χ4v) is 2.80. The second-order valence-electron chi connectivity index (χ2n) is 4.47. The van der Waals surface area contributed by atoms with Gasteiger partial charge in [0.2, 0.25) is 5.91 Å². The average molecular weight is 268 g/mol. The van der Waals surface area contributed by atoms with E-state index in [0.717, 1.165) is 44.2 Å². The van der Waals surface area contributed by atoms with Gasteiger partial charge in [-0.25, -0.2) is 4.98 Å². The van der Waals surface area contributed by atoms with E-state index in [-0.39, 0.29) is 5.91 Å². The smallest absolute Gasteiger partial charge is 0.234 e. The highest BCUT2D eigenvalue weighted by atomic mass is 32.1. The van der Waals surface area contributed by atoms with Crippen molar-refractivity contribution in [3.63, 3.8) is 0 Å². The van der Waals surface area contributed by atoms with Gasteiger partial charge in [0.1, 0.15) is 0 Å². The molecule has 0 bridgehead atoms. The van der Waals surface area contributed by atoms with Crippen molar-refractivity contribution in [2.24, 2.45) is 0 Å². The van der Waals surface area contributed by atoms with Crippen LogP contribution in [0, 0.1) is 0 Å². The highest BCUT2D eigenvalue weighted by Gasteiger charge is 2.15. The predicted molar refractivity (Wildman–Crippen MR) is 73.8 cm³/mol. The molecule has 0 radical (unpaired) electrons. The number of hydrogen-bond acceptors (Lipinski definition) is 5. The first-order valence-electron chi connectivity index (χ1n) is 6.45. The minimum absolute atomic E-state index is 0.126. The third-order valence-electron chi connectivity index (χ3n) is 2.80. The van der Waals surface area contributed by atoms with Crippen molar-refractivity contribution in [1.82, 2.24) is 15.2 Å². The monoisotopic (exact) mass is 268 g/mol. The summed E-state index contributed by atoms with van der Waals surface area (Å²) in [6.45, 7) is 6.17. The second kappa shape index (κ2) is 6.70. The van der Waals surface area contributed by atoms with Gasteiger partial charge in [-0.2, -0.15) is 0 Å². The van der Waals surface area contributed by atoms with Crippen LogP contribution in [0.25, 0.3) is 0 Å². The van der Waals surface area contributed by atoms with E-state index in [1.807, 2.05) is 6.20 Å². The Morgan fingerprint density at radius 2 is 2.50 bits per heavy atom. The van der Waals surface area contributed by atoms with Crippen LogP contribution in [0.5, 0.6) is 0 Å². The second-order valence-corrected chi connectivity index (χ2v) is 5.59. The topological polar surface area (TPSA) is 57.3 Å². The Bertz CT molecular complexity index is 393. The highest BCUT2D eigenvalue weighted by Crippen LogP contribution is 2.19. The van der Waals surface area contributed by atoms with E-state index in [9.17, 15) is 4.79 Å². The standard InChI is InChI=1S/C12H20N4OS/c1-2-4-14-12-15-7-10(18-12)8-16-6-3-5-13-11(17)9-16/h7H,2-6,8-9H2,1H3,(H,13,17)(H,14,15). The Labute approximate surface area is 112 Å². The molecule has 1 aliphatic rings. The van der Waals surface area contributed by atoms with Gasteiger partial charge in [0.25, 0.3) is 0 Å². The fraction of sp³-hybridized carbons (Fsp3) is 0.667.